The molecule has 0 aliphatic heterocycles. The summed E-state index contributed by atoms with van der Waals surface area (Å²) >= 11 is 0. The summed E-state index contributed by atoms with van der Waals surface area (Å²) in [4.78, 5) is 2.37. The number of hydrogen-bond donors (Lipinski definition) is 1. The first-order chi connectivity index (χ1) is 7.50. The van der Waals surface area contributed by atoms with Crippen LogP contribution in [0.25, 0.3) is 0 Å². The van der Waals surface area contributed by atoms with Crippen molar-refractivity contribution in [1.82, 2.24) is 10.2 Å². The van der Waals surface area contributed by atoms with Crippen LogP contribution in [0.2, 0.25) is 0 Å². The second-order valence-electron chi connectivity index (χ2n) is 5.98. The van der Waals surface area contributed by atoms with E-state index in [1.54, 1.807) is 0 Å². The molecule has 2 nitrogen and oxygen atoms in total. The number of nitrogens with one attached hydrogen (secondary N) is 1. The Morgan fingerprint density at radius 3 is 2.19 bits per heavy atom. The second-order valence-corrected chi connectivity index (χ2v) is 5.98. The summed E-state index contributed by atoms with van der Waals surface area (Å²) in [6.07, 6.45) is 7.12. The summed E-state index contributed by atoms with van der Waals surface area (Å²) < 4.78 is 0. The molecule has 1 aliphatic rings. The molecule has 0 heterocycles. The van der Waals surface area contributed by atoms with E-state index in [9.17, 15) is 0 Å². The van der Waals surface area contributed by atoms with E-state index >= 15 is 0 Å². The summed E-state index contributed by atoms with van der Waals surface area (Å²) in [5.74, 6) is 0.867. The molecule has 1 saturated carbocycles. The number of likely N-dealkylation sites (N-methyl/N-ethyl adjacent to an activating group) is 2. The van der Waals surface area contributed by atoms with Gasteiger partial charge in [-0.1, -0.05) is 26.2 Å². The smallest absolute Gasteiger partial charge is 0.0302 e. The van der Waals surface area contributed by atoms with Crippen LogP contribution >= 0.6 is 0 Å². The van der Waals surface area contributed by atoms with Gasteiger partial charge in [-0.05, 0) is 53.2 Å². The van der Waals surface area contributed by atoms with Crippen molar-refractivity contribution in [3.8, 4) is 0 Å². The SMILES string of the molecule is CCNC(C1CCCCC1)C(C)(C)N(C)C. The molecule has 16 heavy (non-hydrogen) atoms. The zero-order chi connectivity index (χ0) is 12.2. The quantitative estimate of drug-likeness (QED) is 0.775. The minimum atomic E-state index is 0.248. The predicted molar refractivity (Wildman–Crippen MR) is 71.8 cm³/mol. The Morgan fingerprint density at radius 2 is 1.75 bits per heavy atom. The molecule has 2 heteroatoms. The first-order valence-corrected chi connectivity index (χ1v) is 6.91. The van der Waals surface area contributed by atoms with Gasteiger partial charge in [0.2, 0.25) is 0 Å². The van der Waals surface area contributed by atoms with Crippen LogP contribution < -0.4 is 5.32 Å². The predicted octanol–water partition coefficient (Wildman–Crippen LogP) is 2.89. The monoisotopic (exact) mass is 226 g/mol. The summed E-state index contributed by atoms with van der Waals surface area (Å²) in [5, 5.41) is 3.73. The van der Waals surface area contributed by atoms with E-state index in [1.807, 2.05) is 0 Å². The normalized spacial score (nSPS) is 21.4. The summed E-state index contributed by atoms with van der Waals surface area (Å²) in [6, 6.07) is 0.632. The number of rotatable bonds is 5. The van der Waals surface area contributed by atoms with Gasteiger partial charge in [0.05, 0.1) is 0 Å². The van der Waals surface area contributed by atoms with E-state index < -0.39 is 0 Å². The highest BCUT2D eigenvalue weighted by Crippen LogP contribution is 2.32. The number of hydrogen-bond acceptors (Lipinski definition) is 2. The number of nitrogens with zero attached hydrogens (tertiary/aromatic N) is 1. The molecule has 0 aromatic rings. The zero-order valence-corrected chi connectivity index (χ0v) is 11.8. The van der Waals surface area contributed by atoms with E-state index in [0.29, 0.717) is 6.04 Å². The van der Waals surface area contributed by atoms with Crippen LogP contribution in [0, 0.1) is 5.92 Å². The van der Waals surface area contributed by atoms with Crippen molar-refractivity contribution < 1.29 is 0 Å². The third-order valence-corrected chi connectivity index (χ3v) is 4.46. The maximum absolute atomic E-state index is 3.73. The first kappa shape index (κ1) is 14.0. The lowest BCUT2D eigenvalue weighted by Gasteiger charge is -2.45. The molecule has 0 saturated heterocycles. The lowest BCUT2D eigenvalue weighted by molar-refractivity contribution is 0.0879. The topological polar surface area (TPSA) is 15.3 Å². The van der Waals surface area contributed by atoms with Gasteiger partial charge in [-0.25, -0.2) is 0 Å². The molecule has 0 spiro atoms. The van der Waals surface area contributed by atoms with Crippen LogP contribution in [0.5, 0.6) is 0 Å². The standard InChI is InChI=1S/C14H30N2/c1-6-15-13(14(2,3)16(4)5)12-10-8-7-9-11-12/h12-13,15H,6-11H2,1-5H3. The van der Waals surface area contributed by atoms with Crippen LogP contribution in [0.15, 0.2) is 0 Å². The second kappa shape index (κ2) is 6.02. The lowest BCUT2D eigenvalue weighted by atomic mass is 9.76. The van der Waals surface area contributed by atoms with Crippen LogP contribution in [0.4, 0.5) is 0 Å². The van der Waals surface area contributed by atoms with Gasteiger partial charge >= 0.3 is 0 Å². The Morgan fingerprint density at radius 1 is 1.19 bits per heavy atom. The largest absolute Gasteiger partial charge is 0.312 e. The molecule has 0 aromatic heterocycles. The summed E-state index contributed by atoms with van der Waals surface area (Å²) in [6.45, 7) is 8.05. The van der Waals surface area contributed by atoms with E-state index in [-0.39, 0.29) is 5.54 Å². The van der Waals surface area contributed by atoms with Crippen LogP contribution in [0.3, 0.4) is 0 Å². The van der Waals surface area contributed by atoms with Crippen molar-refractivity contribution >= 4 is 0 Å². The fraction of sp³-hybridized carbons (Fsp3) is 1.00. The average Bonchev–Trinajstić information content (AvgIpc) is 2.26. The Kier molecular flexibility index (Phi) is 5.26. The highest BCUT2D eigenvalue weighted by Gasteiger charge is 2.36. The third kappa shape index (κ3) is 3.21. The van der Waals surface area contributed by atoms with Gasteiger partial charge in [0, 0.05) is 11.6 Å². The van der Waals surface area contributed by atoms with Crippen molar-refractivity contribution in [2.24, 2.45) is 5.92 Å². The van der Waals surface area contributed by atoms with Crippen molar-refractivity contribution in [2.45, 2.75) is 64.5 Å². The van der Waals surface area contributed by atoms with E-state index in [4.69, 9.17) is 0 Å². The van der Waals surface area contributed by atoms with Crippen molar-refractivity contribution in [3.05, 3.63) is 0 Å². The lowest BCUT2D eigenvalue weighted by Crippen LogP contribution is -2.58. The molecule has 1 rings (SSSR count). The van der Waals surface area contributed by atoms with E-state index in [0.717, 1.165) is 12.5 Å². The maximum Gasteiger partial charge on any atom is 0.0302 e. The first-order valence-electron chi connectivity index (χ1n) is 6.91. The highest BCUT2D eigenvalue weighted by atomic mass is 15.2. The molecule has 0 bridgehead atoms. The average molecular weight is 226 g/mol. The van der Waals surface area contributed by atoms with Gasteiger partial charge in [-0.15, -0.1) is 0 Å². The van der Waals surface area contributed by atoms with Crippen LogP contribution in [0.1, 0.15) is 52.9 Å². The maximum atomic E-state index is 3.73. The summed E-state index contributed by atoms with van der Waals surface area (Å²) in [7, 11) is 4.40. The molecular formula is C14H30N2. The van der Waals surface area contributed by atoms with Gasteiger partial charge in [0.1, 0.15) is 0 Å². The van der Waals surface area contributed by atoms with E-state index in [2.05, 4.69) is 45.1 Å². The third-order valence-electron chi connectivity index (χ3n) is 4.46. The van der Waals surface area contributed by atoms with Crippen molar-refractivity contribution in [2.75, 3.05) is 20.6 Å². The molecule has 1 unspecified atom stereocenters. The zero-order valence-electron chi connectivity index (χ0n) is 11.8. The van der Waals surface area contributed by atoms with Gasteiger partial charge in [-0.3, -0.25) is 0 Å². The molecular weight excluding hydrogens is 196 g/mol. The highest BCUT2D eigenvalue weighted by molar-refractivity contribution is 4.96. The minimum absolute atomic E-state index is 0.248. The fourth-order valence-electron chi connectivity index (χ4n) is 2.96. The Labute approximate surface area is 102 Å². The molecule has 0 radical (unpaired) electrons. The fourth-order valence-corrected chi connectivity index (χ4v) is 2.96. The Hall–Kier alpha value is -0.0800. The van der Waals surface area contributed by atoms with E-state index in [1.165, 1.54) is 32.1 Å². The minimum Gasteiger partial charge on any atom is -0.312 e. The van der Waals surface area contributed by atoms with Crippen molar-refractivity contribution in [3.63, 3.8) is 0 Å². The van der Waals surface area contributed by atoms with Gasteiger partial charge < -0.3 is 10.2 Å². The molecule has 0 aromatic carbocycles. The van der Waals surface area contributed by atoms with Gasteiger partial charge in [0.25, 0.3) is 0 Å². The van der Waals surface area contributed by atoms with Gasteiger partial charge in [-0.2, -0.15) is 0 Å². The molecule has 1 fully saturated rings. The van der Waals surface area contributed by atoms with Crippen molar-refractivity contribution in [1.29, 1.82) is 0 Å². The molecule has 1 N–H and O–H groups in total. The van der Waals surface area contributed by atoms with Crippen LogP contribution in [-0.4, -0.2) is 37.1 Å². The molecule has 1 aliphatic carbocycles. The summed E-state index contributed by atoms with van der Waals surface area (Å²) in [5.41, 5.74) is 0.248. The molecule has 96 valence electrons. The molecule has 1 atom stereocenters. The van der Waals surface area contributed by atoms with Gasteiger partial charge in [0.15, 0.2) is 0 Å². The Bertz CT molecular complexity index is 193. The molecule has 0 amide bonds. The Balaban J connectivity index is 2.71. The van der Waals surface area contributed by atoms with Crippen LogP contribution in [-0.2, 0) is 0 Å².